The first-order chi connectivity index (χ1) is 7.64. The van der Waals surface area contributed by atoms with Gasteiger partial charge in [-0.05, 0) is 43.9 Å². The Morgan fingerprint density at radius 1 is 1.00 bits per heavy atom. The Bertz CT molecular complexity index is 270. The van der Waals surface area contributed by atoms with E-state index in [9.17, 15) is 4.79 Å². The Hall–Kier alpha value is -0.570. The zero-order chi connectivity index (χ0) is 11.8. The van der Waals surface area contributed by atoms with E-state index in [4.69, 9.17) is 5.73 Å². The summed E-state index contributed by atoms with van der Waals surface area (Å²) in [6, 6.07) is 0. The molecular weight excluding hydrogens is 200 g/mol. The summed E-state index contributed by atoms with van der Waals surface area (Å²) >= 11 is 0. The van der Waals surface area contributed by atoms with E-state index in [2.05, 4.69) is 0 Å². The third-order valence-corrected chi connectivity index (χ3v) is 4.28. The van der Waals surface area contributed by atoms with E-state index in [1.54, 1.807) is 0 Å². The molecule has 0 aromatic carbocycles. The predicted octanol–water partition coefficient (Wildman–Crippen LogP) is 1.91. The highest BCUT2D eigenvalue weighted by atomic mass is 16.2. The van der Waals surface area contributed by atoms with E-state index in [-0.39, 0.29) is 5.91 Å². The van der Waals surface area contributed by atoms with Crippen LogP contribution in [0.1, 0.15) is 52.4 Å². The number of hydrogen-bond acceptors (Lipinski definition) is 2. The molecule has 2 aliphatic carbocycles. The number of hydrogen-bond donors (Lipinski definition) is 1. The van der Waals surface area contributed by atoms with Crippen LogP contribution < -0.4 is 5.73 Å². The van der Waals surface area contributed by atoms with E-state index in [0.717, 1.165) is 25.9 Å². The summed E-state index contributed by atoms with van der Waals surface area (Å²) in [6.07, 6.45) is 7.01. The van der Waals surface area contributed by atoms with E-state index in [1.165, 1.54) is 25.7 Å². The second-order valence-corrected chi connectivity index (χ2v) is 5.45. The summed E-state index contributed by atoms with van der Waals surface area (Å²) in [5.74, 6) is 0.216. The van der Waals surface area contributed by atoms with Crippen molar-refractivity contribution in [3.05, 3.63) is 0 Å². The third-order valence-electron chi connectivity index (χ3n) is 4.28. The third kappa shape index (κ3) is 2.10. The van der Waals surface area contributed by atoms with Crippen LogP contribution in [0, 0.1) is 5.41 Å². The summed E-state index contributed by atoms with van der Waals surface area (Å²) < 4.78 is 0. The number of amides is 1. The molecule has 0 aromatic rings. The molecule has 0 radical (unpaired) electrons. The Morgan fingerprint density at radius 3 is 1.88 bits per heavy atom. The lowest BCUT2D eigenvalue weighted by molar-refractivity contribution is -0.135. The molecule has 1 saturated heterocycles. The van der Waals surface area contributed by atoms with Gasteiger partial charge in [0.05, 0.1) is 5.54 Å². The highest BCUT2D eigenvalue weighted by Crippen LogP contribution is 2.53. The lowest BCUT2D eigenvalue weighted by Crippen LogP contribution is -2.49. The second kappa shape index (κ2) is 4.02. The van der Waals surface area contributed by atoms with E-state index in [0.29, 0.717) is 5.41 Å². The average Bonchev–Trinajstić information content (AvgIpc) is 3.23. The largest absolute Gasteiger partial charge is 0.341 e. The molecule has 0 bridgehead atoms. The summed E-state index contributed by atoms with van der Waals surface area (Å²) in [4.78, 5) is 13.9. The van der Waals surface area contributed by atoms with Gasteiger partial charge in [-0.2, -0.15) is 0 Å². The first kappa shape index (κ1) is 11.9. The number of likely N-dealkylation sites (tertiary alicyclic amines) is 1. The number of piperidine rings is 1. The molecule has 0 unspecified atom stereocenters. The van der Waals surface area contributed by atoms with Gasteiger partial charge in [-0.15, -0.1) is 0 Å². The standard InChI is InChI=1S/C11H18N2O.C2H6/c12-11(3-4-11)9(14)13-7-5-10(1-2-10)6-8-13;1-2/h1-8,12H2;1-2H3. The molecule has 1 heterocycles. The molecule has 1 amide bonds. The number of nitrogens with zero attached hydrogens (tertiary/aromatic N) is 1. The number of carbonyl (C=O) groups is 1. The van der Waals surface area contributed by atoms with Crippen molar-refractivity contribution in [3.8, 4) is 0 Å². The maximum Gasteiger partial charge on any atom is 0.242 e. The summed E-state index contributed by atoms with van der Waals surface area (Å²) in [7, 11) is 0. The minimum Gasteiger partial charge on any atom is -0.341 e. The molecule has 3 rings (SSSR count). The molecule has 1 spiro atoms. The smallest absolute Gasteiger partial charge is 0.242 e. The highest BCUT2D eigenvalue weighted by Gasteiger charge is 2.51. The molecule has 2 N–H and O–H groups in total. The molecule has 2 saturated carbocycles. The van der Waals surface area contributed by atoms with Crippen LogP contribution in [-0.4, -0.2) is 29.4 Å². The zero-order valence-electron chi connectivity index (χ0n) is 10.6. The fraction of sp³-hybridized carbons (Fsp3) is 0.923. The van der Waals surface area contributed by atoms with Gasteiger partial charge in [0.1, 0.15) is 0 Å². The van der Waals surface area contributed by atoms with E-state index >= 15 is 0 Å². The van der Waals surface area contributed by atoms with Crippen LogP contribution in [0.4, 0.5) is 0 Å². The minimum absolute atomic E-state index is 0.216. The molecular formula is C13H24N2O. The molecule has 3 nitrogen and oxygen atoms in total. The Morgan fingerprint density at radius 2 is 1.50 bits per heavy atom. The van der Waals surface area contributed by atoms with Crippen LogP contribution in [0.2, 0.25) is 0 Å². The Balaban J connectivity index is 0.000000457. The summed E-state index contributed by atoms with van der Waals surface area (Å²) in [6.45, 7) is 5.91. The molecule has 3 heteroatoms. The number of carbonyl (C=O) groups excluding carboxylic acids is 1. The van der Waals surface area contributed by atoms with Gasteiger partial charge in [0.15, 0.2) is 0 Å². The topological polar surface area (TPSA) is 46.3 Å². The second-order valence-electron chi connectivity index (χ2n) is 5.45. The van der Waals surface area contributed by atoms with Crippen LogP contribution in [0.5, 0.6) is 0 Å². The summed E-state index contributed by atoms with van der Waals surface area (Å²) in [5, 5.41) is 0. The first-order valence-corrected chi connectivity index (χ1v) is 6.72. The van der Waals surface area contributed by atoms with Crippen LogP contribution in [0.25, 0.3) is 0 Å². The fourth-order valence-electron chi connectivity index (χ4n) is 2.52. The fourth-order valence-corrected chi connectivity index (χ4v) is 2.52. The van der Waals surface area contributed by atoms with Crippen molar-refractivity contribution in [2.24, 2.45) is 11.1 Å². The molecule has 3 fully saturated rings. The quantitative estimate of drug-likeness (QED) is 0.739. The highest BCUT2D eigenvalue weighted by molar-refractivity contribution is 5.89. The first-order valence-electron chi connectivity index (χ1n) is 6.72. The van der Waals surface area contributed by atoms with Gasteiger partial charge >= 0.3 is 0 Å². The predicted molar refractivity (Wildman–Crippen MR) is 65.0 cm³/mol. The van der Waals surface area contributed by atoms with Crippen molar-refractivity contribution < 1.29 is 4.79 Å². The maximum absolute atomic E-state index is 11.9. The zero-order valence-corrected chi connectivity index (χ0v) is 10.6. The molecule has 0 atom stereocenters. The average molecular weight is 224 g/mol. The van der Waals surface area contributed by atoms with Gasteiger partial charge < -0.3 is 10.6 Å². The molecule has 16 heavy (non-hydrogen) atoms. The van der Waals surface area contributed by atoms with Gasteiger partial charge in [-0.3, -0.25) is 4.79 Å². The van der Waals surface area contributed by atoms with Crippen molar-refractivity contribution in [2.45, 2.75) is 57.9 Å². The van der Waals surface area contributed by atoms with E-state index < -0.39 is 5.54 Å². The van der Waals surface area contributed by atoms with Crippen molar-refractivity contribution >= 4 is 5.91 Å². The van der Waals surface area contributed by atoms with Crippen LogP contribution in [-0.2, 0) is 4.79 Å². The van der Waals surface area contributed by atoms with Crippen LogP contribution >= 0.6 is 0 Å². The Labute approximate surface area is 98.4 Å². The van der Waals surface area contributed by atoms with Gasteiger partial charge in [0, 0.05) is 13.1 Å². The van der Waals surface area contributed by atoms with E-state index in [1.807, 2.05) is 18.7 Å². The lowest BCUT2D eigenvalue weighted by Gasteiger charge is -2.33. The van der Waals surface area contributed by atoms with Gasteiger partial charge in [-0.1, -0.05) is 13.8 Å². The number of nitrogens with two attached hydrogens (primary N) is 1. The van der Waals surface area contributed by atoms with Crippen molar-refractivity contribution in [3.63, 3.8) is 0 Å². The monoisotopic (exact) mass is 224 g/mol. The SMILES string of the molecule is CC.NC1(C(=O)N2CCC3(CC2)CC3)CC1. The minimum atomic E-state index is -0.450. The molecule has 92 valence electrons. The van der Waals surface area contributed by atoms with Crippen molar-refractivity contribution in [1.29, 1.82) is 0 Å². The van der Waals surface area contributed by atoms with Gasteiger partial charge in [-0.25, -0.2) is 0 Å². The van der Waals surface area contributed by atoms with Crippen molar-refractivity contribution in [2.75, 3.05) is 13.1 Å². The van der Waals surface area contributed by atoms with Crippen LogP contribution in [0.15, 0.2) is 0 Å². The van der Waals surface area contributed by atoms with Crippen LogP contribution in [0.3, 0.4) is 0 Å². The number of rotatable bonds is 1. The lowest BCUT2D eigenvalue weighted by atomic mass is 9.93. The van der Waals surface area contributed by atoms with Crippen molar-refractivity contribution in [1.82, 2.24) is 4.90 Å². The molecule has 3 aliphatic rings. The van der Waals surface area contributed by atoms with Gasteiger partial charge in [0.2, 0.25) is 5.91 Å². The summed E-state index contributed by atoms with van der Waals surface area (Å²) in [5.41, 5.74) is 6.12. The van der Waals surface area contributed by atoms with Gasteiger partial charge in [0.25, 0.3) is 0 Å². The molecule has 1 aliphatic heterocycles. The maximum atomic E-state index is 11.9. The molecule has 0 aromatic heterocycles. The Kier molecular flexibility index (Phi) is 2.99. The normalized spacial score (nSPS) is 28.1.